The molecule has 1 N–H and O–H groups in total. The number of rotatable bonds is 5. The van der Waals surface area contributed by atoms with E-state index in [0.717, 1.165) is 36.4 Å². The van der Waals surface area contributed by atoms with Gasteiger partial charge in [0.05, 0.1) is 5.56 Å². The molecule has 0 atom stereocenters. The summed E-state index contributed by atoms with van der Waals surface area (Å²) in [6.07, 6.45) is 2.03. The van der Waals surface area contributed by atoms with Crippen LogP contribution in [-0.4, -0.2) is 44.2 Å². The summed E-state index contributed by atoms with van der Waals surface area (Å²) in [5.74, 6) is -0.141. The largest absolute Gasteiger partial charge is 0.416 e. The molecule has 1 fully saturated rings. The Morgan fingerprint density at radius 1 is 1.08 bits per heavy atom. The number of halogens is 3. The molecule has 10 heteroatoms. The van der Waals surface area contributed by atoms with Crippen LogP contribution in [0.1, 0.15) is 36.8 Å². The van der Waals surface area contributed by atoms with Gasteiger partial charge in [0, 0.05) is 36.3 Å². The van der Waals surface area contributed by atoms with Crippen molar-refractivity contribution in [1.29, 1.82) is 0 Å². The summed E-state index contributed by atoms with van der Waals surface area (Å²) in [6.45, 7) is -0.298. The van der Waals surface area contributed by atoms with E-state index in [1.165, 1.54) is 17.0 Å². The number of benzene rings is 2. The Labute approximate surface area is 205 Å². The Bertz CT molecular complexity index is 1340. The van der Waals surface area contributed by atoms with Crippen LogP contribution in [0.5, 0.6) is 0 Å². The molecule has 7 nitrogen and oxygen atoms in total. The Hall–Kier alpha value is -3.95. The average molecular weight is 496 g/mol. The van der Waals surface area contributed by atoms with E-state index in [4.69, 9.17) is 4.99 Å². The topological polar surface area (TPSA) is 79.6 Å². The van der Waals surface area contributed by atoms with Crippen molar-refractivity contribution < 1.29 is 22.8 Å². The summed E-state index contributed by atoms with van der Waals surface area (Å²) in [7, 11) is 1.90. The number of hydrogen-bond acceptors (Lipinski definition) is 4. The summed E-state index contributed by atoms with van der Waals surface area (Å²) in [5, 5.41) is 2.50. The van der Waals surface area contributed by atoms with Crippen molar-refractivity contribution in [3.8, 4) is 11.4 Å². The summed E-state index contributed by atoms with van der Waals surface area (Å²) in [4.78, 5) is 36.9. The molecule has 2 aromatic carbocycles. The Kier molecular flexibility index (Phi) is 5.89. The van der Waals surface area contributed by atoms with Crippen LogP contribution in [0.4, 0.5) is 18.9 Å². The second-order valence-corrected chi connectivity index (χ2v) is 9.11. The van der Waals surface area contributed by atoms with Crippen molar-refractivity contribution in [3.63, 3.8) is 0 Å². The third-order valence-electron chi connectivity index (χ3n) is 6.69. The number of hydrogen-bond donors (Lipinski definition) is 1. The fourth-order valence-electron chi connectivity index (χ4n) is 4.90. The summed E-state index contributed by atoms with van der Waals surface area (Å²) in [5.41, 5.74) is 0.179. The van der Waals surface area contributed by atoms with Crippen molar-refractivity contribution in [3.05, 3.63) is 72.1 Å². The monoisotopic (exact) mass is 495 g/mol. The van der Waals surface area contributed by atoms with Gasteiger partial charge in [-0.25, -0.2) is 4.98 Å². The zero-order chi connectivity index (χ0) is 25.5. The normalized spacial score (nSPS) is 17.1. The molecule has 1 saturated carbocycles. The van der Waals surface area contributed by atoms with Gasteiger partial charge in [-0.05, 0) is 43.9 Å². The standard InChI is InChI=1S/C26H24F3N5O2/c1-33-14-13-30-23(33)18-9-7-17(8-10-18)22-24(36)34(25(32-22)11-2-3-12-25)16-21(35)31-20-6-4-5-19(15-20)26(27,28)29/h4-10,13-15H,2-3,11-12,16H2,1H3,(H,31,35). The minimum absolute atomic E-state index is 0.0213. The predicted octanol–water partition coefficient (Wildman–Crippen LogP) is 4.65. The zero-order valence-corrected chi connectivity index (χ0v) is 19.5. The number of nitrogens with one attached hydrogen (secondary N) is 1. The molecule has 2 aliphatic rings. The Balaban J connectivity index is 1.36. The van der Waals surface area contributed by atoms with Crippen molar-refractivity contribution in [1.82, 2.24) is 14.5 Å². The van der Waals surface area contributed by atoms with Crippen LogP contribution in [0.15, 0.2) is 65.9 Å². The van der Waals surface area contributed by atoms with E-state index in [2.05, 4.69) is 10.3 Å². The maximum atomic E-state index is 13.5. The molecular formula is C26H24F3N5O2. The van der Waals surface area contributed by atoms with E-state index in [1.54, 1.807) is 6.20 Å². The highest BCUT2D eigenvalue weighted by Gasteiger charge is 2.49. The number of carbonyl (C=O) groups is 2. The Morgan fingerprint density at radius 2 is 1.78 bits per heavy atom. The lowest BCUT2D eigenvalue weighted by atomic mass is 10.1. The molecule has 36 heavy (non-hydrogen) atoms. The van der Waals surface area contributed by atoms with Gasteiger partial charge >= 0.3 is 6.18 Å². The molecule has 1 spiro atoms. The van der Waals surface area contributed by atoms with E-state index in [0.29, 0.717) is 18.4 Å². The molecular weight excluding hydrogens is 471 g/mol. The molecule has 1 aliphatic carbocycles. The number of carbonyl (C=O) groups excluding carboxylic acids is 2. The van der Waals surface area contributed by atoms with E-state index >= 15 is 0 Å². The number of aryl methyl sites for hydroxylation is 1. The fourth-order valence-corrected chi connectivity index (χ4v) is 4.90. The van der Waals surface area contributed by atoms with Gasteiger partial charge in [-0.1, -0.05) is 30.3 Å². The first kappa shape index (κ1) is 23.8. The van der Waals surface area contributed by atoms with Crippen molar-refractivity contribution in [2.45, 2.75) is 37.5 Å². The van der Waals surface area contributed by atoms with Gasteiger partial charge < -0.3 is 14.8 Å². The summed E-state index contributed by atoms with van der Waals surface area (Å²) < 4.78 is 41.0. The third-order valence-corrected chi connectivity index (χ3v) is 6.69. The number of imidazole rings is 1. The molecule has 5 rings (SSSR count). The van der Waals surface area contributed by atoms with Crippen LogP contribution in [0.3, 0.4) is 0 Å². The van der Waals surface area contributed by atoms with Gasteiger partial charge in [0.25, 0.3) is 5.91 Å². The van der Waals surface area contributed by atoms with E-state index in [9.17, 15) is 22.8 Å². The number of amides is 2. The summed E-state index contributed by atoms with van der Waals surface area (Å²) in [6, 6.07) is 11.8. The van der Waals surface area contributed by atoms with Crippen LogP contribution in [0.25, 0.3) is 11.4 Å². The highest BCUT2D eigenvalue weighted by molar-refractivity contribution is 6.47. The molecule has 1 aliphatic heterocycles. The van der Waals surface area contributed by atoms with Gasteiger partial charge in [0.15, 0.2) is 0 Å². The van der Waals surface area contributed by atoms with Crippen LogP contribution in [0, 0.1) is 0 Å². The molecule has 186 valence electrons. The maximum absolute atomic E-state index is 13.5. The lowest BCUT2D eigenvalue weighted by molar-refractivity contribution is -0.137. The smallest absolute Gasteiger partial charge is 0.334 e. The van der Waals surface area contributed by atoms with Crippen molar-refractivity contribution >= 4 is 23.2 Å². The second-order valence-electron chi connectivity index (χ2n) is 9.11. The predicted molar refractivity (Wildman–Crippen MR) is 128 cm³/mol. The van der Waals surface area contributed by atoms with Crippen molar-refractivity contribution in [2.75, 3.05) is 11.9 Å². The zero-order valence-electron chi connectivity index (χ0n) is 19.5. The SMILES string of the molecule is Cn1ccnc1-c1ccc(C2=NC3(CCCC3)N(CC(=O)Nc3cccc(C(F)(F)F)c3)C2=O)cc1. The molecule has 0 saturated heterocycles. The number of aromatic nitrogens is 2. The first-order valence-corrected chi connectivity index (χ1v) is 11.6. The van der Waals surface area contributed by atoms with Crippen LogP contribution in [0.2, 0.25) is 0 Å². The second kappa shape index (κ2) is 8.92. The summed E-state index contributed by atoms with van der Waals surface area (Å²) >= 11 is 0. The number of aliphatic imine (C=N–C) groups is 1. The van der Waals surface area contributed by atoms with Crippen molar-refractivity contribution in [2.24, 2.45) is 12.0 Å². The van der Waals surface area contributed by atoms with Gasteiger partial charge in [-0.2, -0.15) is 13.2 Å². The lowest BCUT2D eigenvalue weighted by Crippen LogP contribution is -2.48. The minimum Gasteiger partial charge on any atom is -0.334 e. The van der Waals surface area contributed by atoms with Gasteiger partial charge in [0.2, 0.25) is 5.91 Å². The highest BCUT2D eigenvalue weighted by atomic mass is 19.4. The number of alkyl halides is 3. The van der Waals surface area contributed by atoms with Crippen LogP contribution < -0.4 is 5.32 Å². The molecule has 0 bridgehead atoms. The highest BCUT2D eigenvalue weighted by Crippen LogP contribution is 2.41. The quantitative estimate of drug-likeness (QED) is 0.560. The molecule has 2 amide bonds. The number of anilines is 1. The minimum atomic E-state index is -4.52. The van der Waals surface area contributed by atoms with Gasteiger partial charge in [-0.3, -0.25) is 14.6 Å². The third kappa shape index (κ3) is 4.38. The van der Waals surface area contributed by atoms with E-state index < -0.39 is 23.3 Å². The molecule has 1 aromatic heterocycles. The molecule has 2 heterocycles. The van der Waals surface area contributed by atoms with Gasteiger partial charge in [-0.15, -0.1) is 0 Å². The molecule has 0 unspecified atom stereocenters. The fraction of sp³-hybridized carbons (Fsp3) is 0.308. The van der Waals surface area contributed by atoms with Gasteiger partial charge in [0.1, 0.15) is 23.7 Å². The first-order valence-electron chi connectivity index (χ1n) is 11.6. The molecule has 3 aromatic rings. The van der Waals surface area contributed by atoms with Crippen LogP contribution >= 0.6 is 0 Å². The number of nitrogens with zero attached hydrogens (tertiary/aromatic N) is 4. The lowest BCUT2D eigenvalue weighted by Gasteiger charge is -2.32. The maximum Gasteiger partial charge on any atom is 0.416 e. The van der Waals surface area contributed by atoms with E-state index in [1.807, 2.05) is 42.1 Å². The van der Waals surface area contributed by atoms with Crippen LogP contribution in [-0.2, 0) is 22.8 Å². The first-order chi connectivity index (χ1) is 17.2. The average Bonchev–Trinajstić information content (AvgIpc) is 3.55. The Morgan fingerprint density at radius 3 is 2.42 bits per heavy atom. The molecule has 0 radical (unpaired) electrons. The van der Waals surface area contributed by atoms with E-state index in [-0.39, 0.29) is 23.9 Å².